The largest absolute Gasteiger partial charge is 0.479 e. The molecule has 0 spiro atoms. The van der Waals surface area contributed by atoms with Crippen molar-refractivity contribution >= 4 is 29.7 Å². The number of nitrogens with zero attached hydrogens (tertiary/aromatic N) is 1. The van der Waals surface area contributed by atoms with E-state index in [-0.39, 0.29) is 0 Å². The summed E-state index contributed by atoms with van der Waals surface area (Å²) in [7, 11) is 0. The van der Waals surface area contributed by atoms with E-state index >= 15 is 0 Å². The smallest absolute Gasteiger partial charge is 0.344 e. The average molecular weight is 347 g/mol. The lowest BCUT2D eigenvalue weighted by Crippen LogP contribution is -2.22. The van der Waals surface area contributed by atoms with Crippen LogP contribution in [0.1, 0.15) is 22.8 Å². The molecule has 0 unspecified atom stereocenters. The van der Waals surface area contributed by atoms with Gasteiger partial charge in [0.2, 0.25) is 0 Å². The zero-order chi connectivity index (χ0) is 17.5. The Morgan fingerprint density at radius 1 is 1.21 bits per heavy atom. The van der Waals surface area contributed by atoms with Crippen LogP contribution in [-0.4, -0.2) is 29.3 Å². The Balaban J connectivity index is 1.94. The molecule has 2 aromatic rings. The summed E-state index contributed by atoms with van der Waals surface area (Å²) < 4.78 is 5.22. The predicted octanol–water partition coefficient (Wildman–Crippen LogP) is 2.96. The average Bonchev–Trinajstić information content (AvgIpc) is 2.56. The second kappa shape index (κ2) is 8.12. The molecule has 0 saturated heterocycles. The molecule has 0 saturated carbocycles. The molecule has 2 aromatic carbocycles. The van der Waals surface area contributed by atoms with Crippen LogP contribution in [0.4, 0.5) is 0 Å². The monoisotopic (exact) mass is 346 g/mol. The second-order valence-corrected chi connectivity index (χ2v) is 5.25. The summed E-state index contributed by atoms with van der Waals surface area (Å²) in [6.45, 7) is 1.45. The van der Waals surface area contributed by atoms with Gasteiger partial charge < -0.3 is 9.84 Å². The number of carbonyl (C=O) groups is 2. The summed E-state index contributed by atoms with van der Waals surface area (Å²) >= 11 is 5.93. The summed E-state index contributed by atoms with van der Waals surface area (Å²) in [6.07, 6.45) is 0.526. The summed E-state index contributed by atoms with van der Waals surface area (Å²) in [5.41, 5.74) is 3.44. The van der Waals surface area contributed by atoms with Gasteiger partial charge in [-0.2, -0.15) is 5.10 Å². The van der Waals surface area contributed by atoms with E-state index in [1.807, 2.05) is 0 Å². The number of rotatable bonds is 6. The molecule has 0 aliphatic heterocycles. The van der Waals surface area contributed by atoms with Crippen LogP contribution in [0.15, 0.2) is 53.6 Å². The SMILES string of the molecule is C[C@H](Oc1ccc(/C=N\NC(=O)c2ccccc2Cl)cc1)C(=O)O. The molecule has 0 aliphatic rings. The van der Waals surface area contributed by atoms with E-state index in [1.54, 1.807) is 48.5 Å². The zero-order valence-corrected chi connectivity index (χ0v) is 13.5. The normalized spacial score (nSPS) is 11.9. The summed E-state index contributed by atoms with van der Waals surface area (Å²) in [6, 6.07) is 13.3. The first-order chi connectivity index (χ1) is 11.5. The number of nitrogens with one attached hydrogen (secondary N) is 1. The molecule has 0 heterocycles. The van der Waals surface area contributed by atoms with Crippen LogP contribution in [0, 0.1) is 0 Å². The van der Waals surface area contributed by atoms with Crippen molar-refractivity contribution in [3.8, 4) is 5.75 Å². The van der Waals surface area contributed by atoms with E-state index < -0.39 is 18.0 Å². The van der Waals surface area contributed by atoms with Crippen molar-refractivity contribution in [2.24, 2.45) is 5.10 Å². The van der Waals surface area contributed by atoms with Crippen molar-refractivity contribution < 1.29 is 19.4 Å². The van der Waals surface area contributed by atoms with Gasteiger partial charge in [-0.1, -0.05) is 23.7 Å². The minimum absolute atomic E-state index is 0.336. The van der Waals surface area contributed by atoms with Crippen LogP contribution in [0.5, 0.6) is 5.75 Å². The Morgan fingerprint density at radius 2 is 1.88 bits per heavy atom. The third-order valence-corrected chi connectivity index (χ3v) is 3.37. The fourth-order valence-corrected chi connectivity index (χ4v) is 1.98. The lowest BCUT2D eigenvalue weighted by Gasteiger charge is -2.09. The van der Waals surface area contributed by atoms with Crippen molar-refractivity contribution in [2.75, 3.05) is 0 Å². The van der Waals surface area contributed by atoms with E-state index in [0.717, 1.165) is 0 Å². The zero-order valence-electron chi connectivity index (χ0n) is 12.8. The molecule has 0 aliphatic carbocycles. The number of hydrazone groups is 1. The number of benzene rings is 2. The van der Waals surface area contributed by atoms with Crippen molar-refractivity contribution in [1.82, 2.24) is 5.43 Å². The standard InChI is InChI=1S/C17H15ClN2O4/c1-11(17(22)23)24-13-8-6-12(7-9-13)10-19-20-16(21)14-4-2-3-5-15(14)18/h2-11H,1H3,(H,20,21)(H,22,23)/b19-10-/t11-/m0/s1. The fourth-order valence-electron chi connectivity index (χ4n) is 1.76. The molecular weight excluding hydrogens is 332 g/mol. The van der Waals surface area contributed by atoms with Gasteiger partial charge in [-0.25, -0.2) is 10.2 Å². The van der Waals surface area contributed by atoms with Crippen molar-refractivity contribution in [3.05, 3.63) is 64.7 Å². The quantitative estimate of drug-likeness (QED) is 0.621. The number of hydrogen-bond donors (Lipinski definition) is 2. The molecule has 1 atom stereocenters. The Bertz CT molecular complexity index is 759. The number of carboxylic acid groups (broad SMARTS) is 1. The Kier molecular flexibility index (Phi) is 5.92. The van der Waals surface area contributed by atoms with E-state index in [9.17, 15) is 9.59 Å². The number of aliphatic carboxylic acids is 1. The topological polar surface area (TPSA) is 88.0 Å². The van der Waals surface area contributed by atoms with E-state index in [1.165, 1.54) is 13.1 Å². The highest BCUT2D eigenvalue weighted by atomic mass is 35.5. The van der Waals surface area contributed by atoms with Crippen LogP contribution in [-0.2, 0) is 4.79 Å². The van der Waals surface area contributed by atoms with Gasteiger partial charge >= 0.3 is 5.97 Å². The third-order valence-electron chi connectivity index (χ3n) is 3.04. The predicted molar refractivity (Wildman–Crippen MR) is 90.7 cm³/mol. The second-order valence-electron chi connectivity index (χ2n) is 4.85. The minimum atomic E-state index is -1.04. The Labute approximate surface area is 143 Å². The lowest BCUT2D eigenvalue weighted by atomic mass is 10.2. The van der Waals surface area contributed by atoms with Gasteiger partial charge in [0.25, 0.3) is 5.91 Å². The Hall–Kier alpha value is -2.86. The number of ether oxygens (including phenoxy) is 1. The van der Waals surface area contributed by atoms with Crippen LogP contribution >= 0.6 is 11.6 Å². The molecule has 7 heteroatoms. The molecule has 124 valence electrons. The highest BCUT2D eigenvalue weighted by Gasteiger charge is 2.12. The highest BCUT2D eigenvalue weighted by Crippen LogP contribution is 2.15. The molecule has 6 nitrogen and oxygen atoms in total. The first kappa shape index (κ1) is 17.5. The lowest BCUT2D eigenvalue weighted by molar-refractivity contribution is -0.144. The van der Waals surface area contributed by atoms with Gasteiger partial charge in [-0.05, 0) is 48.9 Å². The molecule has 1 amide bonds. The van der Waals surface area contributed by atoms with E-state index in [2.05, 4.69) is 10.5 Å². The van der Waals surface area contributed by atoms with Crippen LogP contribution in [0.2, 0.25) is 5.02 Å². The van der Waals surface area contributed by atoms with Gasteiger partial charge in [-0.3, -0.25) is 4.79 Å². The fraction of sp³-hybridized carbons (Fsp3) is 0.118. The van der Waals surface area contributed by atoms with E-state index in [4.69, 9.17) is 21.4 Å². The summed E-state index contributed by atoms with van der Waals surface area (Å²) in [4.78, 5) is 22.6. The number of amides is 1. The summed E-state index contributed by atoms with van der Waals surface area (Å²) in [5.74, 6) is -1.02. The van der Waals surface area contributed by atoms with Gasteiger partial charge in [0.05, 0.1) is 16.8 Å². The highest BCUT2D eigenvalue weighted by molar-refractivity contribution is 6.33. The first-order valence-corrected chi connectivity index (χ1v) is 7.42. The van der Waals surface area contributed by atoms with E-state index in [0.29, 0.717) is 21.9 Å². The maximum Gasteiger partial charge on any atom is 0.344 e. The minimum Gasteiger partial charge on any atom is -0.479 e. The number of carboxylic acids is 1. The molecule has 0 fully saturated rings. The molecule has 0 aromatic heterocycles. The van der Waals surface area contributed by atoms with Gasteiger partial charge in [0.15, 0.2) is 6.10 Å². The van der Waals surface area contributed by atoms with Crippen molar-refractivity contribution in [3.63, 3.8) is 0 Å². The number of carbonyl (C=O) groups excluding carboxylic acids is 1. The van der Waals surface area contributed by atoms with Crippen molar-refractivity contribution in [2.45, 2.75) is 13.0 Å². The third kappa shape index (κ3) is 4.82. The van der Waals surface area contributed by atoms with Crippen LogP contribution in [0.3, 0.4) is 0 Å². The molecule has 2 N–H and O–H groups in total. The van der Waals surface area contributed by atoms with Gasteiger partial charge in [0.1, 0.15) is 5.75 Å². The van der Waals surface area contributed by atoms with Gasteiger partial charge in [0, 0.05) is 0 Å². The van der Waals surface area contributed by atoms with Crippen LogP contribution < -0.4 is 10.2 Å². The molecule has 0 bridgehead atoms. The first-order valence-electron chi connectivity index (χ1n) is 7.05. The molecule has 0 radical (unpaired) electrons. The van der Waals surface area contributed by atoms with Crippen LogP contribution in [0.25, 0.3) is 0 Å². The maximum absolute atomic E-state index is 11.9. The summed E-state index contributed by atoms with van der Waals surface area (Å²) in [5, 5.41) is 13.0. The Morgan fingerprint density at radius 3 is 2.50 bits per heavy atom. The maximum atomic E-state index is 11.9. The molecule has 24 heavy (non-hydrogen) atoms. The molecular formula is C17H15ClN2O4. The van der Waals surface area contributed by atoms with Crippen molar-refractivity contribution in [1.29, 1.82) is 0 Å². The number of halogens is 1. The molecule has 2 rings (SSSR count). The number of hydrogen-bond acceptors (Lipinski definition) is 4. The van der Waals surface area contributed by atoms with Gasteiger partial charge in [-0.15, -0.1) is 0 Å².